The minimum Gasteiger partial charge on any atom is -0.456 e. The van der Waals surface area contributed by atoms with Crippen molar-refractivity contribution >= 4 is 79.2 Å². The van der Waals surface area contributed by atoms with Crippen LogP contribution in [0.1, 0.15) is 52.7 Å². The summed E-state index contributed by atoms with van der Waals surface area (Å²) in [6.07, 6.45) is 0. The fourth-order valence-corrected chi connectivity index (χ4v) is 10.5. The van der Waals surface area contributed by atoms with E-state index < -0.39 is 0 Å². The summed E-state index contributed by atoms with van der Waals surface area (Å²) >= 11 is 0. The summed E-state index contributed by atoms with van der Waals surface area (Å²) in [5.41, 5.74) is 22.6. The molecule has 0 bridgehead atoms. The lowest BCUT2D eigenvalue weighted by Gasteiger charge is -2.45. The second kappa shape index (κ2) is 15.0. The molecule has 4 heteroatoms. The van der Waals surface area contributed by atoms with Crippen LogP contribution < -0.4 is 26.2 Å². The van der Waals surface area contributed by atoms with Crippen LogP contribution in [0.4, 0.5) is 34.1 Å². The van der Waals surface area contributed by atoms with Crippen molar-refractivity contribution in [3.63, 3.8) is 0 Å². The highest BCUT2D eigenvalue weighted by Gasteiger charge is 2.44. The third-order valence-electron chi connectivity index (χ3n) is 14.0. The van der Waals surface area contributed by atoms with E-state index in [4.69, 9.17) is 4.42 Å². The summed E-state index contributed by atoms with van der Waals surface area (Å²) in [6, 6.07) is 74.2. The normalized spacial score (nSPS) is 13.2. The molecule has 66 heavy (non-hydrogen) atoms. The molecule has 0 amide bonds. The van der Waals surface area contributed by atoms with Crippen LogP contribution in [0.5, 0.6) is 0 Å². The SMILES string of the molecule is CC(C)(C)c1ccc2c(c1)B1c3cc(C(C)(C)C)ccc3N(c3ccc(-c4ccccc4)cc3-c3ccccc3)c3cccc(c31)N2c1ccc(-c2ccc3oc4ccccc4c3c2)cc1. The van der Waals surface area contributed by atoms with Gasteiger partial charge in [0.25, 0.3) is 6.71 Å². The molecule has 2 aliphatic heterocycles. The van der Waals surface area contributed by atoms with E-state index in [9.17, 15) is 0 Å². The third-order valence-corrected chi connectivity index (χ3v) is 14.0. The number of rotatable bonds is 5. The van der Waals surface area contributed by atoms with Crippen molar-refractivity contribution in [3.8, 4) is 33.4 Å². The van der Waals surface area contributed by atoms with Crippen LogP contribution in [0.3, 0.4) is 0 Å². The number of para-hydroxylation sites is 1. The van der Waals surface area contributed by atoms with Crippen molar-refractivity contribution in [1.82, 2.24) is 0 Å². The molecule has 0 saturated carbocycles. The fraction of sp³-hybridized carbons (Fsp3) is 0.129. The first-order chi connectivity index (χ1) is 32.0. The maximum atomic E-state index is 6.19. The lowest BCUT2D eigenvalue weighted by molar-refractivity contribution is 0.590. The number of fused-ring (bicyclic) bond motifs is 7. The van der Waals surface area contributed by atoms with Crippen LogP contribution in [0, 0.1) is 0 Å². The van der Waals surface area contributed by atoms with Crippen molar-refractivity contribution < 1.29 is 4.42 Å². The Hall–Kier alpha value is -7.56. The predicted molar refractivity (Wildman–Crippen MR) is 281 cm³/mol. The van der Waals surface area contributed by atoms with Crippen molar-refractivity contribution in [2.24, 2.45) is 0 Å². The number of benzene rings is 9. The largest absolute Gasteiger partial charge is 0.456 e. The zero-order valence-electron chi connectivity index (χ0n) is 38.4. The van der Waals surface area contributed by atoms with E-state index in [0.717, 1.165) is 33.3 Å². The zero-order valence-corrected chi connectivity index (χ0v) is 38.4. The van der Waals surface area contributed by atoms with Crippen molar-refractivity contribution in [2.45, 2.75) is 52.4 Å². The minimum absolute atomic E-state index is 0.0119. The maximum Gasteiger partial charge on any atom is 0.252 e. The van der Waals surface area contributed by atoms with Gasteiger partial charge in [-0.2, -0.15) is 0 Å². The Morgan fingerprint density at radius 1 is 0.364 bits per heavy atom. The van der Waals surface area contributed by atoms with Gasteiger partial charge in [-0.15, -0.1) is 0 Å². The molecule has 1 aromatic heterocycles. The quantitative estimate of drug-likeness (QED) is 0.161. The van der Waals surface area contributed by atoms with Gasteiger partial charge in [-0.05, 0) is 133 Å². The van der Waals surface area contributed by atoms with Crippen LogP contribution in [0.15, 0.2) is 205 Å². The molecular weight excluding hydrogens is 800 g/mol. The van der Waals surface area contributed by atoms with E-state index in [1.54, 1.807) is 0 Å². The van der Waals surface area contributed by atoms with Gasteiger partial charge in [0.05, 0.1) is 5.69 Å². The van der Waals surface area contributed by atoms with Gasteiger partial charge in [0.2, 0.25) is 0 Å². The summed E-state index contributed by atoms with van der Waals surface area (Å²) in [7, 11) is 0. The summed E-state index contributed by atoms with van der Waals surface area (Å²) in [5, 5.41) is 2.28. The number of nitrogens with zero attached hydrogens (tertiary/aromatic N) is 2. The van der Waals surface area contributed by atoms with E-state index in [0.29, 0.717) is 0 Å². The highest BCUT2D eigenvalue weighted by atomic mass is 16.3. The average Bonchev–Trinajstić information content (AvgIpc) is 3.72. The lowest BCUT2D eigenvalue weighted by Crippen LogP contribution is -2.61. The van der Waals surface area contributed by atoms with Gasteiger partial charge in [-0.25, -0.2) is 0 Å². The third kappa shape index (κ3) is 6.50. The maximum absolute atomic E-state index is 6.19. The van der Waals surface area contributed by atoms with Crippen molar-refractivity contribution in [2.75, 3.05) is 9.80 Å². The fourth-order valence-electron chi connectivity index (χ4n) is 10.5. The first-order valence-corrected chi connectivity index (χ1v) is 23.3. The molecule has 2 aliphatic rings. The van der Waals surface area contributed by atoms with Crippen LogP contribution in [-0.4, -0.2) is 6.71 Å². The number of hydrogen-bond acceptors (Lipinski definition) is 3. The molecule has 0 atom stereocenters. The summed E-state index contributed by atoms with van der Waals surface area (Å²) in [4.78, 5) is 5.07. The van der Waals surface area contributed by atoms with E-state index in [1.165, 1.54) is 83.6 Å². The molecule has 318 valence electrons. The van der Waals surface area contributed by atoms with Crippen molar-refractivity contribution in [3.05, 3.63) is 211 Å². The molecule has 0 fully saturated rings. The van der Waals surface area contributed by atoms with E-state index in [2.05, 4.69) is 239 Å². The Labute approximate surface area is 388 Å². The predicted octanol–water partition coefficient (Wildman–Crippen LogP) is 15.3. The molecule has 0 spiro atoms. The molecule has 0 saturated heterocycles. The summed E-state index contributed by atoms with van der Waals surface area (Å²) < 4.78 is 6.19. The van der Waals surface area contributed by atoms with Gasteiger partial charge in [0.1, 0.15) is 11.2 Å². The molecular formula is C62H51BN2O. The molecule has 10 aromatic rings. The van der Waals surface area contributed by atoms with Crippen LogP contribution in [0.2, 0.25) is 0 Å². The van der Waals surface area contributed by atoms with E-state index in [1.807, 2.05) is 12.1 Å². The Morgan fingerprint density at radius 2 is 0.879 bits per heavy atom. The first-order valence-electron chi connectivity index (χ1n) is 23.3. The van der Waals surface area contributed by atoms with Gasteiger partial charge < -0.3 is 14.2 Å². The van der Waals surface area contributed by atoms with Gasteiger partial charge in [-0.3, -0.25) is 0 Å². The second-order valence-corrected chi connectivity index (χ2v) is 20.2. The van der Waals surface area contributed by atoms with Crippen molar-refractivity contribution in [1.29, 1.82) is 0 Å². The summed E-state index contributed by atoms with van der Waals surface area (Å²) in [5.74, 6) is 0. The number of anilines is 6. The number of hydrogen-bond donors (Lipinski definition) is 0. The second-order valence-electron chi connectivity index (χ2n) is 20.2. The topological polar surface area (TPSA) is 19.6 Å². The monoisotopic (exact) mass is 850 g/mol. The van der Waals surface area contributed by atoms with Crippen LogP contribution in [0.25, 0.3) is 55.3 Å². The van der Waals surface area contributed by atoms with Gasteiger partial charge in [-0.1, -0.05) is 175 Å². The molecule has 0 unspecified atom stereocenters. The minimum atomic E-state index is -0.0417. The molecule has 0 radical (unpaired) electrons. The van der Waals surface area contributed by atoms with Gasteiger partial charge >= 0.3 is 0 Å². The first kappa shape index (κ1) is 40.0. The highest BCUT2D eigenvalue weighted by Crippen LogP contribution is 2.48. The molecule has 3 nitrogen and oxygen atoms in total. The summed E-state index contributed by atoms with van der Waals surface area (Å²) in [6.45, 7) is 14.0. The average molecular weight is 851 g/mol. The smallest absolute Gasteiger partial charge is 0.252 e. The van der Waals surface area contributed by atoms with E-state index in [-0.39, 0.29) is 17.5 Å². The molecule has 0 N–H and O–H groups in total. The highest BCUT2D eigenvalue weighted by molar-refractivity contribution is 7.00. The Kier molecular flexibility index (Phi) is 9.09. The lowest BCUT2D eigenvalue weighted by atomic mass is 9.33. The standard InChI is InChI=1S/C62H51BN2O/c1-61(2,3)45-28-33-54-51(38-45)63-52-39-46(62(4,5)6)29-34-55(52)65(53-32-26-43(40-16-9-7-10-17-40)36-49(53)42-18-11-8-12-19-42)57-22-15-21-56(60(57)63)64(54)47-30-24-41(25-31-47)44-27-35-59-50(37-44)48-20-13-14-23-58(48)66-59/h7-39H,1-6H3. The molecule has 3 heterocycles. The van der Waals surface area contributed by atoms with Crippen LogP contribution >= 0.6 is 0 Å². The van der Waals surface area contributed by atoms with Gasteiger partial charge in [0, 0.05) is 44.8 Å². The molecule has 0 aliphatic carbocycles. The Bertz CT molecular complexity index is 3500. The zero-order chi connectivity index (χ0) is 44.9. The Morgan fingerprint density at radius 3 is 1.55 bits per heavy atom. The van der Waals surface area contributed by atoms with Gasteiger partial charge in [0.15, 0.2) is 0 Å². The van der Waals surface area contributed by atoms with Crippen LogP contribution in [-0.2, 0) is 10.8 Å². The molecule has 12 rings (SSSR count). The number of furan rings is 1. The van der Waals surface area contributed by atoms with E-state index >= 15 is 0 Å². The Balaban J connectivity index is 1.08. The molecule has 9 aromatic carbocycles.